The number of piperidine rings is 1. The van der Waals surface area contributed by atoms with Crippen molar-refractivity contribution in [2.45, 2.75) is 39.7 Å². The van der Waals surface area contributed by atoms with Gasteiger partial charge in [-0.2, -0.15) is 0 Å². The molecule has 1 amide bonds. The standard InChI is InChI=1S/C16H21N3O3/c1-10-7-14(16(21)18-6-4-5-13(20)9-18)12(3)19(10)15-8-11(2)22-17-15/h7-8,13,20H,4-6,9H2,1-3H3. The number of carbonyl (C=O) groups is 1. The van der Waals surface area contributed by atoms with Gasteiger partial charge < -0.3 is 14.5 Å². The van der Waals surface area contributed by atoms with E-state index in [2.05, 4.69) is 5.16 Å². The number of aryl methyl sites for hydroxylation is 2. The summed E-state index contributed by atoms with van der Waals surface area (Å²) in [6.45, 7) is 6.80. The van der Waals surface area contributed by atoms with E-state index in [4.69, 9.17) is 4.52 Å². The van der Waals surface area contributed by atoms with E-state index in [0.717, 1.165) is 30.0 Å². The normalized spacial score (nSPS) is 18.7. The molecule has 1 aliphatic heterocycles. The molecule has 22 heavy (non-hydrogen) atoms. The van der Waals surface area contributed by atoms with Crippen LogP contribution in [0.4, 0.5) is 0 Å². The highest BCUT2D eigenvalue weighted by molar-refractivity contribution is 5.96. The van der Waals surface area contributed by atoms with Crippen LogP contribution >= 0.6 is 0 Å². The summed E-state index contributed by atoms with van der Waals surface area (Å²) in [5, 5.41) is 13.8. The first-order valence-corrected chi connectivity index (χ1v) is 7.57. The minimum absolute atomic E-state index is 0.0293. The zero-order valence-electron chi connectivity index (χ0n) is 13.2. The Morgan fingerprint density at radius 3 is 2.77 bits per heavy atom. The lowest BCUT2D eigenvalue weighted by Gasteiger charge is -2.30. The van der Waals surface area contributed by atoms with E-state index in [1.807, 2.05) is 37.5 Å². The number of hydrogen-bond acceptors (Lipinski definition) is 4. The molecule has 0 bridgehead atoms. The van der Waals surface area contributed by atoms with Gasteiger partial charge in [0, 0.05) is 30.5 Å². The number of hydrogen-bond donors (Lipinski definition) is 1. The summed E-state index contributed by atoms with van der Waals surface area (Å²) in [6.07, 6.45) is 1.19. The summed E-state index contributed by atoms with van der Waals surface area (Å²) in [6, 6.07) is 3.72. The monoisotopic (exact) mass is 303 g/mol. The highest BCUT2D eigenvalue weighted by Gasteiger charge is 2.26. The number of nitrogens with zero attached hydrogens (tertiary/aromatic N) is 3. The number of carbonyl (C=O) groups excluding carboxylic acids is 1. The van der Waals surface area contributed by atoms with E-state index in [-0.39, 0.29) is 5.91 Å². The molecular formula is C16H21N3O3. The predicted octanol–water partition coefficient (Wildman–Crippen LogP) is 1.99. The van der Waals surface area contributed by atoms with Crippen molar-refractivity contribution >= 4 is 5.91 Å². The van der Waals surface area contributed by atoms with Crippen molar-refractivity contribution in [2.24, 2.45) is 0 Å². The number of aromatic nitrogens is 2. The van der Waals surface area contributed by atoms with Crippen LogP contribution in [-0.4, -0.2) is 44.8 Å². The van der Waals surface area contributed by atoms with Crippen LogP contribution in [0.15, 0.2) is 16.7 Å². The van der Waals surface area contributed by atoms with Gasteiger partial charge in [-0.15, -0.1) is 0 Å². The molecule has 1 atom stereocenters. The van der Waals surface area contributed by atoms with Crippen molar-refractivity contribution in [3.05, 3.63) is 34.8 Å². The molecule has 1 fully saturated rings. The number of amides is 1. The molecule has 0 aromatic carbocycles. The van der Waals surface area contributed by atoms with Crippen LogP contribution in [0.5, 0.6) is 0 Å². The van der Waals surface area contributed by atoms with Crippen molar-refractivity contribution in [1.29, 1.82) is 0 Å². The van der Waals surface area contributed by atoms with Gasteiger partial charge in [-0.25, -0.2) is 0 Å². The number of aliphatic hydroxyl groups excluding tert-OH is 1. The Hall–Kier alpha value is -2.08. The van der Waals surface area contributed by atoms with Crippen LogP contribution in [0, 0.1) is 20.8 Å². The molecule has 0 saturated carbocycles. The van der Waals surface area contributed by atoms with Gasteiger partial charge >= 0.3 is 0 Å². The highest BCUT2D eigenvalue weighted by Crippen LogP contribution is 2.23. The molecule has 6 heteroatoms. The van der Waals surface area contributed by atoms with Crippen LogP contribution in [0.25, 0.3) is 5.82 Å². The number of β-amino-alcohol motifs (C(OH)–C–C–N with tert-alkyl or cyclic N) is 1. The fourth-order valence-electron chi connectivity index (χ4n) is 3.10. The maximum atomic E-state index is 12.7. The molecule has 0 spiro atoms. The third kappa shape index (κ3) is 2.54. The lowest BCUT2D eigenvalue weighted by molar-refractivity contribution is 0.0473. The molecule has 1 aliphatic rings. The minimum Gasteiger partial charge on any atom is -0.391 e. The van der Waals surface area contributed by atoms with Crippen LogP contribution in [0.1, 0.15) is 40.3 Å². The van der Waals surface area contributed by atoms with E-state index in [1.165, 1.54) is 0 Å². The SMILES string of the molecule is Cc1cc(-n2c(C)cc(C(=O)N3CCCC(O)C3)c2C)no1. The molecule has 6 nitrogen and oxygen atoms in total. The lowest BCUT2D eigenvalue weighted by Crippen LogP contribution is -2.42. The predicted molar refractivity (Wildman–Crippen MR) is 81.2 cm³/mol. The quantitative estimate of drug-likeness (QED) is 0.921. The van der Waals surface area contributed by atoms with Crippen molar-refractivity contribution in [2.75, 3.05) is 13.1 Å². The van der Waals surface area contributed by atoms with Crippen molar-refractivity contribution in [3.63, 3.8) is 0 Å². The molecule has 3 heterocycles. The van der Waals surface area contributed by atoms with E-state index in [1.54, 1.807) is 4.90 Å². The van der Waals surface area contributed by atoms with Crippen LogP contribution in [0.3, 0.4) is 0 Å². The first kappa shape index (κ1) is 14.8. The summed E-state index contributed by atoms with van der Waals surface area (Å²) in [4.78, 5) is 14.5. The van der Waals surface area contributed by atoms with Gasteiger partial charge in [-0.1, -0.05) is 5.16 Å². The summed E-state index contributed by atoms with van der Waals surface area (Å²) in [5.41, 5.74) is 2.44. The van der Waals surface area contributed by atoms with Crippen LogP contribution in [0.2, 0.25) is 0 Å². The Balaban J connectivity index is 1.93. The zero-order chi connectivity index (χ0) is 15.9. The fourth-order valence-corrected chi connectivity index (χ4v) is 3.10. The van der Waals surface area contributed by atoms with E-state index in [0.29, 0.717) is 24.5 Å². The molecule has 3 rings (SSSR count). The smallest absolute Gasteiger partial charge is 0.255 e. The Morgan fingerprint density at radius 2 is 2.14 bits per heavy atom. The second kappa shape index (κ2) is 5.61. The van der Waals surface area contributed by atoms with Gasteiger partial charge in [0.25, 0.3) is 5.91 Å². The highest BCUT2D eigenvalue weighted by atomic mass is 16.5. The Kier molecular flexibility index (Phi) is 3.78. The van der Waals surface area contributed by atoms with Crippen LogP contribution < -0.4 is 0 Å². The summed E-state index contributed by atoms with van der Waals surface area (Å²) >= 11 is 0. The first-order chi connectivity index (χ1) is 10.5. The molecular weight excluding hydrogens is 282 g/mol. The average molecular weight is 303 g/mol. The van der Waals surface area contributed by atoms with Crippen molar-refractivity contribution < 1.29 is 14.4 Å². The fraction of sp³-hybridized carbons (Fsp3) is 0.500. The summed E-state index contributed by atoms with van der Waals surface area (Å²) in [5.74, 6) is 1.39. The summed E-state index contributed by atoms with van der Waals surface area (Å²) in [7, 11) is 0. The molecule has 2 aromatic heterocycles. The first-order valence-electron chi connectivity index (χ1n) is 7.57. The second-order valence-electron chi connectivity index (χ2n) is 5.96. The molecule has 0 radical (unpaired) electrons. The van der Waals surface area contributed by atoms with Crippen molar-refractivity contribution in [1.82, 2.24) is 14.6 Å². The molecule has 1 unspecified atom stereocenters. The molecule has 2 aromatic rings. The Labute approximate surface area is 129 Å². The molecule has 0 aliphatic carbocycles. The van der Waals surface area contributed by atoms with Gasteiger partial charge in [0.15, 0.2) is 5.82 Å². The minimum atomic E-state index is -0.417. The van der Waals surface area contributed by atoms with Crippen molar-refractivity contribution in [3.8, 4) is 5.82 Å². The maximum absolute atomic E-state index is 12.7. The van der Waals surface area contributed by atoms with E-state index in [9.17, 15) is 9.90 Å². The maximum Gasteiger partial charge on any atom is 0.255 e. The Bertz CT molecular complexity index is 702. The zero-order valence-corrected chi connectivity index (χ0v) is 13.2. The van der Waals surface area contributed by atoms with Gasteiger partial charge in [-0.05, 0) is 39.7 Å². The third-order valence-corrected chi connectivity index (χ3v) is 4.19. The Morgan fingerprint density at radius 1 is 1.36 bits per heavy atom. The number of rotatable bonds is 2. The third-order valence-electron chi connectivity index (χ3n) is 4.19. The van der Waals surface area contributed by atoms with Crippen LogP contribution in [-0.2, 0) is 0 Å². The molecule has 118 valence electrons. The molecule has 1 N–H and O–H groups in total. The number of likely N-dealkylation sites (tertiary alicyclic amines) is 1. The van der Waals surface area contributed by atoms with Gasteiger partial charge in [0.2, 0.25) is 0 Å². The second-order valence-corrected chi connectivity index (χ2v) is 5.96. The molecule has 1 saturated heterocycles. The summed E-state index contributed by atoms with van der Waals surface area (Å²) < 4.78 is 7.05. The number of aliphatic hydroxyl groups is 1. The van der Waals surface area contributed by atoms with Gasteiger partial charge in [-0.3, -0.25) is 9.36 Å². The topological polar surface area (TPSA) is 71.5 Å². The van der Waals surface area contributed by atoms with E-state index < -0.39 is 6.10 Å². The van der Waals surface area contributed by atoms with E-state index >= 15 is 0 Å². The average Bonchev–Trinajstić information content (AvgIpc) is 3.01. The van der Waals surface area contributed by atoms with Gasteiger partial charge in [0.05, 0.1) is 11.7 Å². The largest absolute Gasteiger partial charge is 0.391 e. The lowest BCUT2D eigenvalue weighted by atomic mass is 10.1. The van der Waals surface area contributed by atoms with Gasteiger partial charge in [0.1, 0.15) is 5.76 Å².